The standard InChI is InChI=1S/C17H36N4O2.HI/c1-5-15(3)21(4)11-10-20-17(18-6-2)19-9-7-12-23-16-8-13-22-14-16;/h15-16H,5-14H2,1-4H3,(H2,18,19,20);1H. The van der Waals surface area contributed by atoms with Gasteiger partial charge in [0, 0.05) is 45.4 Å². The number of nitrogens with zero attached hydrogens (tertiary/aromatic N) is 2. The molecule has 0 aromatic heterocycles. The number of ether oxygens (including phenoxy) is 2. The molecule has 144 valence electrons. The Morgan fingerprint density at radius 3 is 2.79 bits per heavy atom. The van der Waals surface area contributed by atoms with Crippen LogP contribution in [0.2, 0.25) is 0 Å². The normalized spacial score (nSPS) is 19.2. The lowest BCUT2D eigenvalue weighted by atomic mass is 10.2. The lowest BCUT2D eigenvalue weighted by Crippen LogP contribution is -2.42. The Labute approximate surface area is 165 Å². The highest BCUT2D eigenvalue weighted by Crippen LogP contribution is 2.08. The topological polar surface area (TPSA) is 58.1 Å². The zero-order valence-electron chi connectivity index (χ0n) is 15.8. The highest BCUT2D eigenvalue weighted by Gasteiger charge is 2.15. The van der Waals surface area contributed by atoms with Crippen LogP contribution in [0, 0.1) is 0 Å². The van der Waals surface area contributed by atoms with Crippen LogP contribution in [0.3, 0.4) is 0 Å². The number of hydrogen-bond donors (Lipinski definition) is 2. The van der Waals surface area contributed by atoms with Gasteiger partial charge in [0.15, 0.2) is 5.96 Å². The lowest BCUT2D eigenvalue weighted by Gasteiger charge is -2.24. The van der Waals surface area contributed by atoms with Crippen LogP contribution in [-0.2, 0) is 9.47 Å². The summed E-state index contributed by atoms with van der Waals surface area (Å²) < 4.78 is 11.1. The molecule has 1 rings (SSSR count). The molecule has 0 aromatic carbocycles. The SMILES string of the molecule is CCNC(=NCCCOC1CCOC1)NCCN(C)C(C)CC.I. The highest BCUT2D eigenvalue weighted by molar-refractivity contribution is 14.0. The summed E-state index contributed by atoms with van der Waals surface area (Å²) in [7, 11) is 2.17. The number of likely N-dealkylation sites (N-methyl/N-ethyl adjacent to an activating group) is 1. The second-order valence-corrected chi connectivity index (χ2v) is 6.14. The Morgan fingerprint density at radius 2 is 2.17 bits per heavy atom. The van der Waals surface area contributed by atoms with Crippen molar-refractivity contribution < 1.29 is 9.47 Å². The molecule has 24 heavy (non-hydrogen) atoms. The third-order valence-electron chi connectivity index (χ3n) is 4.26. The third-order valence-corrected chi connectivity index (χ3v) is 4.26. The molecule has 7 heteroatoms. The van der Waals surface area contributed by atoms with Crippen LogP contribution in [-0.4, -0.2) is 76.1 Å². The second-order valence-electron chi connectivity index (χ2n) is 6.14. The van der Waals surface area contributed by atoms with Crippen molar-refractivity contribution in [3.63, 3.8) is 0 Å². The molecule has 0 aliphatic carbocycles. The molecule has 0 bridgehead atoms. The number of halogens is 1. The first kappa shape index (κ1) is 23.9. The van der Waals surface area contributed by atoms with E-state index in [1.807, 2.05) is 0 Å². The molecule has 0 radical (unpaired) electrons. The largest absolute Gasteiger partial charge is 0.379 e. The molecule has 1 saturated heterocycles. The van der Waals surface area contributed by atoms with Crippen molar-refractivity contribution in [2.75, 3.05) is 53.0 Å². The van der Waals surface area contributed by atoms with Gasteiger partial charge in [-0.05, 0) is 40.2 Å². The molecule has 1 fully saturated rings. The van der Waals surface area contributed by atoms with Crippen LogP contribution in [0.1, 0.15) is 40.0 Å². The van der Waals surface area contributed by atoms with Gasteiger partial charge in [-0.3, -0.25) is 4.99 Å². The Kier molecular flexibility index (Phi) is 15.1. The number of rotatable bonds is 11. The smallest absolute Gasteiger partial charge is 0.191 e. The zero-order chi connectivity index (χ0) is 16.9. The molecular formula is C17H37IN4O2. The van der Waals surface area contributed by atoms with Crippen LogP contribution >= 0.6 is 24.0 Å². The zero-order valence-corrected chi connectivity index (χ0v) is 18.2. The number of aliphatic imine (C=N–C) groups is 1. The van der Waals surface area contributed by atoms with Crippen molar-refractivity contribution in [3.8, 4) is 0 Å². The molecule has 0 saturated carbocycles. The van der Waals surface area contributed by atoms with Gasteiger partial charge in [-0.2, -0.15) is 0 Å². The summed E-state index contributed by atoms with van der Waals surface area (Å²) in [6.07, 6.45) is 3.44. The highest BCUT2D eigenvalue weighted by atomic mass is 127. The average Bonchev–Trinajstić information content (AvgIpc) is 3.06. The molecule has 1 aliphatic heterocycles. The van der Waals surface area contributed by atoms with E-state index in [0.717, 1.165) is 64.8 Å². The molecule has 2 N–H and O–H groups in total. The van der Waals surface area contributed by atoms with E-state index in [0.29, 0.717) is 12.1 Å². The van der Waals surface area contributed by atoms with Gasteiger partial charge >= 0.3 is 0 Å². The maximum Gasteiger partial charge on any atom is 0.191 e. The fourth-order valence-corrected chi connectivity index (χ4v) is 2.37. The first-order valence-corrected chi connectivity index (χ1v) is 9.09. The Bertz CT molecular complexity index is 326. The summed E-state index contributed by atoms with van der Waals surface area (Å²) in [5.74, 6) is 0.897. The minimum absolute atomic E-state index is 0. The summed E-state index contributed by atoms with van der Waals surface area (Å²) in [5, 5.41) is 6.69. The molecule has 1 heterocycles. The summed E-state index contributed by atoms with van der Waals surface area (Å²) in [6.45, 7) is 12.5. The summed E-state index contributed by atoms with van der Waals surface area (Å²) in [5.41, 5.74) is 0. The van der Waals surface area contributed by atoms with Gasteiger partial charge in [0.2, 0.25) is 0 Å². The van der Waals surface area contributed by atoms with Gasteiger partial charge < -0.3 is 25.0 Å². The monoisotopic (exact) mass is 456 g/mol. The van der Waals surface area contributed by atoms with Crippen molar-refractivity contribution >= 4 is 29.9 Å². The van der Waals surface area contributed by atoms with Crippen molar-refractivity contribution in [1.82, 2.24) is 15.5 Å². The van der Waals surface area contributed by atoms with E-state index in [4.69, 9.17) is 9.47 Å². The minimum Gasteiger partial charge on any atom is -0.379 e. The van der Waals surface area contributed by atoms with Crippen molar-refractivity contribution in [2.24, 2.45) is 4.99 Å². The van der Waals surface area contributed by atoms with E-state index in [-0.39, 0.29) is 24.0 Å². The predicted molar refractivity (Wildman–Crippen MR) is 112 cm³/mol. The molecule has 2 atom stereocenters. The average molecular weight is 456 g/mol. The van der Waals surface area contributed by atoms with Crippen LogP contribution in [0.5, 0.6) is 0 Å². The number of hydrogen-bond acceptors (Lipinski definition) is 4. The van der Waals surface area contributed by atoms with E-state index in [1.54, 1.807) is 0 Å². The molecule has 0 spiro atoms. The van der Waals surface area contributed by atoms with E-state index in [9.17, 15) is 0 Å². The van der Waals surface area contributed by atoms with Crippen molar-refractivity contribution in [1.29, 1.82) is 0 Å². The summed E-state index contributed by atoms with van der Waals surface area (Å²) >= 11 is 0. The Hall–Kier alpha value is -0.120. The summed E-state index contributed by atoms with van der Waals surface area (Å²) in [4.78, 5) is 6.97. The second kappa shape index (κ2) is 15.2. The van der Waals surface area contributed by atoms with Crippen LogP contribution in [0.25, 0.3) is 0 Å². The summed E-state index contributed by atoms with van der Waals surface area (Å²) in [6, 6.07) is 0.619. The fourth-order valence-electron chi connectivity index (χ4n) is 2.37. The van der Waals surface area contributed by atoms with Gasteiger partial charge in [0.25, 0.3) is 0 Å². The van der Waals surface area contributed by atoms with Crippen LogP contribution in [0.15, 0.2) is 4.99 Å². The van der Waals surface area contributed by atoms with Crippen LogP contribution < -0.4 is 10.6 Å². The van der Waals surface area contributed by atoms with E-state index < -0.39 is 0 Å². The van der Waals surface area contributed by atoms with Crippen molar-refractivity contribution in [3.05, 3.63) is 0 Å². The predicted octanol–water partition coefficient (Wildman–Crippen LogP) is 2.09. The maximum atomic E-state index is 5.75. The Morgan fingerprint density at radius 1 is 1.38 bits per heavy atom. The quantitative estimate of drug-likeness (QED) is 0.216. The molecule has 0 aromatic rings. The molecule has 2 unspecified atom stereocenters. The molecular weight excluding hydrogens is 419 g/mol. The van der Waals surface area contributed by atoms with E-state index in [1.165, 1.54) is 6.42 Å². The molecule has 6 nitrogen and oxygen atoms in total. The number of nitrogens with one attached hydrogen (secondary N) is 2. The third kappa shape index (κ3) is 10.7. The van der Waals surface area contributed by atoms with Gasteiger partial charge in [-0.15, -0.1) is 24.0 Å². The first-order valence-electron chi connectivity index (χ1n) is 9.09. The van der Waals surface area contributed by atoms with Gasteiger partial charge in [-0.25, -0.2) is 0 Å². The molecule has 1 aliphatic rings. The first-order chi connectivity index (χ1) is 11.2. The Balaban J connectivity index is 0.00000529. The van der Waals surface area contributed by atoms with Crippen molar-refractivity contribution in [2.45, 2.75) is 52.2 Å². The van der Waals surface area contributed by atoms with E-state index in [2.05, 4.69) is 48.3 Å². The minimum atomic E-state index is 0. The molecule has 0 amide bonds. The number of guanidine groups is 1. The maximum absolute atomic E-state index is 5.75. The lowest BCUT2D eigenvalue weighted by molar-refractivity contribution is 0.0424. The van der Waals surface area contributed by atoms with Gasteiger partial charge in [0.1, 0.15) is 0 Å². The van der Waals surface area contributed by atoms with E-state index >= 15 is 0 Å². The van der Waals surface area contributed by atoms with Crippen LogP contribution in [0.4, 0.5) is 0 Å². The fraction of sp³-hybridized carbons (Fsp3) is 0.941. The van der Waals surface area contributed by atoms with Gasteiger partial charge in [0.05, 0.1) is 12.7 Å². The van der Waals surface area contributed by atoms with Gasteiger partial charge in [-0.1, -0.05) is 6.92 Å².